The fraction of sp³-hybridized carbons (Fsp3) is 0.310. The first-order valence-electron chi connectivity index (χ1n) is 12.5. The molecule has 38 heavy (non-hydrogen) atoms. The van der Waals surface area contributed by atoms with Crippen molar-refractivity contribution < 1.29 is 23.6 Å². The molecule has 1 aromatic heterocycles. The highest BCUT2D eigenvalue weighted by atomic mass is 35.5. The van der Waals surface area contributed by atoms with Crippen LogP contribution >= 0.6 is 11.6 Å². The smallest absolute Gasteiger partial charge is 0.262 e. The number of imide groups is 1. The highest BCUT2D eigenvalue weighted by molar-refractivity contribution is 6.31. The van der Waals surface area contributed by atoms with E-state index < -0.39 is 23.0 Å². The van der Waals surface area contributed by atoms with E-state index in [1.165, 1.54) is 4.90 Å². The van der Waals surface area contributed by atoms with Crippen molar-refractivity contribution >= 4 is 56.5 Å². The van der Waals surface area contributed by atoms with E-state index in [0.717, 1.165) is 0 Å². The molecule has 0 saturated carbocycles. The van der Waals surface area contributed by atoms with Gasteiger partial charge in [-0.15, -0.1) is 0 Å². The number of carbonyl (C=O) groups is 2. The first kappa shape index (κ1) is 23.2. The third-order valence-electron chi connectivity index (χ3n) is 8.42. The van der Waals surface area contributed by atoms with Crippen LogP contribution in [0.15, 0.2) is 59.1 Å². The van der Waals surface area contributed by atoms with Gasteiger partial charge in [-0.1, -0.05) is 41.9 Å². The summed E-state index contributed by atoms with van der Waals surface area (Å²) in [6, 6.07) is 16.0. The minimum Gasteiger partial charge on any atom is -0.475 e. The molecule has 4 heterocycles. The average Bonchev–Trinajstić information content (AvgIpc) is 3.62. The molecule has 0 radical (unpaired) electrons. The number of anilines is 1. The van der Waals surface area contributed by atoms with E-state index in [-0.39, 0.29) is 18.4 Å². The zero-order chi connectivity index (χ0) is 26.2. The van der Waals surface area contributed by atoms with Gasteiger partial charge in [0, 0.05) is 17.5 Å². The van der Waals surface area contributed by atoms with E-state index in [4.69, 9.17) is 32.2 Å². The Balaban J connectivity index is 1.20. The lowest BCUT2D eigenvalue weighted by molar-refractivity contribution is -0.131. The zero-order valence-electron chi connectivity index (χ0n) is 20.4. The number of ether oxygens (including phenoxy) is 2. The van der Waals surface area contributed by atoms with Crippen LogP contribution in [0.2, 0.25) is 5.02 Å². The second kappa shape index (κ2) is 8.03. The lowest BCUT2D eigenvalue weighted by atomic mass is 9.67. The third kappa shape index (κ3) is 3.09. The molecule has 3 aromatic carbocycles. The van der Waals surface area contributed by atoms with E-state index in [9.17, 15) is 9.59 Å². The highest BCUT2D eigenvalue weighted by Gasteiger charge is 2.73. The molecule has 8 nitrogen and oxygen atoms in total. The second-order valence-corrected chi connectivity index (χ2v) is 10.9. The van der Waals surface area contributed by atoms with Crippen molar-refractivity contribution in [2.75, 3.05) is 11.5 Å². The van der Waals surface area contributed by atoms with E-state index in [0.29, 0.717) is 63.3 Å². The van der Waals surface area contributed by atoms with Crippen LogP contribution in [-0.4, -0.2) is 34.8 Å². The van der Waals surface area contributed by atoms with Gasteiger partial charge in [0.2, 0.25) is 11.8 Å². The molecule has 3 aliphatic heterocycles. The van der Waals surface area contributed by atoms with Gasteiger partial charge >= 0.3 is 0 Å². The Bertz CT molecular complexity index is 1710. The van der Waals surface area contributed by atoms with Gasteiger partial charge in [-0.05, 0) is 53.9 Å². The van der Waals surface area contributed by atoms with Crippen LogP contribution in [0.3, 0.4) is 0 Å². The largest absolute Gasteiger partial charge is 0.475 e. The Morgan fingerprint density at radius 3 is 2.68 bits per heavy atom. The number of aromatic nitrogens is 1. The minimum atomic E-state index is -0.810. The summed E-state index contributed by atoms with van der Waals surface area (Å²) in [5.41, 5.74) is -0.0130. The molecule has 4 aromatic rings. The lowest BCUT2D eigenvalue weighted by Gasteiger charge is -2.31. The summed E-state index contributed by atoms with van der Waals surface area (Å²) in [7, 11) is 0. The molecule has 0 spiro atoms. The van der Waals surface area contributed by atoms with Crippen molar-refractivity contribution in [3.8, 4) is 5.88 Å². The van der Waals surface area contributed by atoms with Gasteiger partial charge in [-0.3, -0.25) is 9.59 Å². The fourth-order valence-corrected chi connectivity index (χ4v) is 6.88. The van der Waals surface area contributed by atoms with Crippen molar-refractivity contribution in [2.45, 2.75) is 37.4 Å². The molecular formula is C29H22ClN3O5. The monoisotopic (exact) mass is 527 g/mol. The number of rotatable bonds is 5. The summed E-state index contributed by atoms with van der Waals surface area (Å²) < 4.78 is 17.8. The summed E-state index contributed by atoms with van der Waals surface area (Å²) >= 11 is 6.03. The van der Waals surface area contributed by atoms with Gasteiger partial charge in [0.15, 0.2) is 11.3 Å². The van der Waals surface area contributed by atoms with E-state index in [1.54, 1.807) is 30.3 Å². The Labute approximate surface area is 222 Å². The number of fused-ring (bicyclic) bond motifs is 7. The summed E-state index contributed by atoms with van der Waals surface area (Å²) in [5.74, 6) is -1.33. The minimum absolute atomic E-state index is 0.244. The maximum absolute atomic E-state index is 14.0. The van der Waals surface area contributed by atoms with Crippen molar-refractivity contribution in [3.05, 3.63) is 71.0 Å². The van der Waals surface area contributed by atoms with E-state index >= 15 is 0 Å². The molecule has 0 aliphatic carbocycles. The summed E-state index contributed by atoms with van der Waals surface area (Å²) in [6.45, 7) is 9.68. The van der Waals surface area contributed by atoms with Gasteiger partial charge in [-0.2, -0.15) is 0 Å². The molecule has 3 saturated heterocycles. The lowest BCUT2D eigenvalue weighted by Crippen LogP contribution is -2.43. The number of nitrogens with zero attached hydrogens (tertiary/aromatic N) is 3. The SMILES string of the molecule is [C-]#[N+]c1ccc(N2C(=O)[C@@H]3[C@H](C2=O)C2(C)CCC3(CCOc3noc4cc(Cl)ccc34)O2)c2ccccc12. The maximum atomic E-state index is 14.0. The summed E-state index contributed by atoms with van der Waals surface area (Å²) in [5, 5.41) is 6.69. The standard InChI is InChI=1S/C29H22ClN3O5/c1-28-11-12-29(38-28,13-14-36-25-19-8-7-16(30)15-22(19)37-32-25)24-23(28)26(34)33(27(24)35)21-10-9-20(31-2)17-5-3-4-6-18(17)21/h3-10,15,23-24H,11-14H2,1H3/t23-,24+,28?,29?/m1/s1. The maximum Gasteiger partial charge on any atom is 0.262 e. The van der Waals surface area contributed by atoms with E-state index in [1.807, 2.05) is 31.2 Å². The second-order valence-electron chi connectivity index (χ2n) is 10.4. The molecule has 4 atom stereocenters. The zero-order valence-corrected chi connectivity index (χ0v) is 21.2. The third-order valence-corrected chi connectivity index (χ3v) is 8.65. The van der Waals surface area contributed by atoms with Crippen LogP contribution in [0.25, 0.3) is 26.6 Å². The number of hydrogen-bond acceptors (Lipinski definition) is 6. The molecule has 3 aliphatic rings. The first-order chi connectivity index (χ1) is 18.3. The number of amides is 2. The van der Waals surface area contributed by atoms with Crippen molar-refractivity contribution in [1.29, 1.82) is 0 Å². The van der Waals surface area contributed by atoms with Crippen LogP contribution in [0.5, 0.6) is 5.88 Å². The average molecular weight is 528 g/mol. The Kier molecular flexibility index (Phi) is 4.91. The Hall–Kier alpha value is -3.93. The fourth-order valence-electron chi connectivity index (χ4n) is 6.72. The van der Waals surface area contributed by atoms with Crippen molar-refractivity contribution in [1.82, 2.24) is 5.16 Å². The molecule has 2 amide bonds. The van der Waals surface area contributed by atoms with Gasteiger partial charge < -0.3 is 14.0 Å². The van der Waals surface area contributed by atoms with Crippen LogP contribution in [0.1, 0.15) is 26.2 Å². The Morgan fingerprint density at radius 2 is 1.87 bits per heavy atom. The molecule has 2 bridgehead atoms. The van der Waals surface area contributed by atoms with E-state index in [2.05, 4.69) is 10.0 Å². The van der Waals surface area contributed by atoms with Gasteiger partial charge in [0.25, 0.3) is 5.88 Å². The predicted octanol–water partition coefficient (Wildman–Crippen LogP) is 6.08. The highest BCUT2D eigenvalue weighted by Crippen LogP contribution is 2.62. The number of benzene rings is 3. The first-order valence-corrected chi connectivity index (χ1v) is 12.9. The molecule has 2 unspecified atom stereocenters. The number of hydrogen-bond donors (Lipinski definition) is 0. The summed E-state index contributed by atoms with van der Waals surface area (Å²) in [6.07, 6.45) is 1.77. The van der Waals surface area contributed by atoms with Crippen molar-refractivity contribution in [2.24, 2.45) is 11.8 Å². The topological polar surface area (TPSA) is 86.2 Å². The molecular weight excluding hydrogens is 506 g/mol. The van der Waals surface area contributed by atoms with Crippen LogP contribution < -0.4 is 9.64 Å². The van der Waals surface area contributed by atoms with Gasteiger partial charge in [0.1, 0.15) is 0 Å². The molecule has 7 rings (SSSR count). The predicted molar refractivity (Wildman–Crippen MR) is 140 cm³/mol. The molecule has 0 N–H and O–H groups in total. The quantitative estimate of drug-likeness (QED) is 0.231. The molecule has 190 valence electrons. The summed E-state index contributed by atoms with van der Waals surface area (Å²) in [4.78, 5) is 32.8. The normalized spacial score (nSPS) is 27.9. The van der Waals surface area contributed by atoms with Crippen molar-refractivity contribution in [3.63, 3.8) is 0 Å². The van der Waals surface area contributed by atoms with Crippen LogP contribution in [0.4, 0.5) is 11.4 Å². The van der Waals surface area contributed by atoms with Gasteiger partial charge in [-0.25, -0.2) is 9.74 Å². The molecule has 3 fully saturated rings. The van der Waals surface area contributed by atoms with Crippen LogP contribution in [-0.2, 0) is 14.3 Å². The van der Waals surface area contributed by atoms with Gasteiger partial charge in [0.05, 0.1) is 47.3 Å². The molecule has 9 heteroatoms. The van der Waals surface area contributed by atoms with Crippen LogP contribution in [0, 0.1) is 18.4 Å². The number of carbonyl (C=O) groups excluding carboxylic acids is 2. The Morgan fingerprint density at radius 1 is 1.08 bits per heavy atom. The number of halogens is 1.